The first-order valence-corrected chi connectivity index (χ1v) is 9.26. The molecule has 2 aromatic rings. The fourth-order valence-electron chi connectivity index (χ4n) is 2.69. The highest BCUT2D eigenvalue weighted by atomic mass is 32.2. The molecule has 4 heterocycles. The van der Waals surface area contributed by atoms with Gasteiger partial charge in [0.2, 0.25) is 0 Å². The van der Waals surface area contributed by atoms with Crippen LogP contribution in [0, 0.1) is 5.41 Å². The molecule has 2 aliphatic rings. The Hall–Kier alpha value is -1.90. The zero-order chi connectivity index (χ0) is 16.5. The standard InChI is InChI=1S/C16H15N3O3S2/c17-15-13(16-18-3-8-23-16)14(20)11(24-15)9-10-1-2-12(22-10)19-4-6-21-7-5-19/h1-3,8-9,13,17H,4-7H2/b11-9-,17-15?/t13-/m0/s1. The van der Waals surface area contributed by atoms with Gasteiger partial charge < -0.3 is 14.1 Å². The van der Waals surface area contributed by atoms with E-state index < -0.39 is 5.92 Å². The van der Waals surface area contributed by atoms with E-state index in [1.807, 2.05) is 17.5 Å². The molecule has 0 aliphatic carbocycles. The fraction of sp³-hybridized carbons (Fsp3) is 0.312. The molecular formula is C16H15N3O3S2. The smallest absolute Gasteiger partial charge is 0.196 e. The number of hydrogen-bond acceptors (Lipinski definition) is 8. The van der Waals surface area contributed by atoms with Gasteiger partial charge in [-0.3, -0.25) is 10.2 Å². The molecule has 0 saturated carbocycles. The average Bonchev–Trinajstić information content (AvgIpc) is 3.31. The first-order valence-electron chi connectivity index (χ1n) is 7.56. The van der Waals surface area contributed by atoms with E-state index in [0.717, 1.165) is 19.0 Å². The molecule has 0 amide bonds. The topological polar surface area (TPSA) is 79.4 Å². The minimum Gasteiger partial charge on any atom is -0.441 e. The Balaban J connectivity index is 1.55. The molecule has 0 radical (unpaired) electrons. The summed E-state index contributed by atoms with van der Waals surface area (Å²) in [7, 11) is 0. The summed E-state index contributed by atoms with van der Waals surface area (Å²) in [4.78, 5) is 19.4. The highest BCUT2D eigenvalue weighted by molar-refractivity contribution is 8.19. The van der Waals surface area contributed by atoms with E-state index in [1.165, 1.54) is 23.1 Å². The molecule has 8 heteroatoms. The number of thioether (sulfide) groups is 1. The van der Waals surface area contributed by atoms with E-state index in [4.69, 9.17) is 14.6 Å². The largest absolute Gasteiger partial charge is 0.441 e. The zero-order valence-corrected chi connectivity index (χ0v) is 14.4. The van der Waals surface area contributed by atoms with Crippen LogP contribution in [0.3, 0.4) is 0 Å². The minimum absolute atomic E-state index is 0.0794. The number of nitrogens with one attached hydrogen (secondary N) is 1. The highest BCUT2D eigenvalue weighted by Crippen LogP contribution is 2.41. The molecular weight excluding hydrogens is 346 g/mol. The Morgan fingerprint density at radius 2 is 2.17 bits per heavy atom. The average molecular weight is 361 g/mol. The number of anilines is 1. The van der Waals surface area contributed by atoms with Gasteiger partial charge in [0, 0.05) is 30.7 Å². The molecule has 2 aliphatic heterocycles. The summed E-state index contributed by atoms with van der Waals surface area (Å²) in [6.45, 7) is 2.98. The van der Waals surface area contributed by atoms with Crippen molar-refractivity contribution in [1.29, 1.82) is 5.41 Å². The molecule has 2 saturated heterocycles. The number of hydrogen-bond donors (Lipinski definition) is 1. The molecule has 0 aromatic carbocycles. The number of aromatic nitrogens is 1. The van der Waals surface area contributed by atoms with Gasteiger partial charge in [-0.1, -0.05) is 11.8 Å². The predicted molar refractivity (Wildman–Crippen MR) is 94.9 cm³/mol. The van der Waals surface area contributed by atoms with Crippen molar-refractivity contribution in [2.45, 2.75) is 5.92 Å². The number of ether oxygens (including phenoxy) is 1. The molecule has 1 N–H and O–H groups in total. The Labute approximate surface area is 147 Å². The Kier molecular flexibility index (Phi) is 4.26. The van der Waals surface area contributed by atoms with Gasteiger partial charge >= 0.3 is 0 Å². The van der Waals surface area contributed by atoms with Crippen molar-refractivity contribution < 1.29 is 13.9 Å². The number of allylic oxidation sites excluding steroid dienone is 1. The Morgan fingerprint density at radius 1 is 1.33 bits per heavy atom. The lowest BCUT2D eigenvalue weighted by molar-refractivity contribution is -0.114. The first-order chi connectivity index (χ1) is 11.7. The predicted octanol–water partition coefficient (Wildman–Crippen LogP) is 2.99. The Morgan fingerprint density at radius 3 is 2.92 bits per heavy atom. The second-order valence-corrected chi connectivity index (χ2v) is 7.43. The number of thiazole rings is 1. The maximum absolute atomic E-state index is 12.6. The van der Waals surface area contributed by atoms with E-state index in [0.29, 0.717) is 33.9 Å². The molecule has 24 heavy (non-hydrogen) atoms. The van der Waals surface area contributed by atoms with Gasteiger partial charge in [0.15, 0.2) is 11.7 Å². The van der Waals surface area contributed by atoms with Crippen LogP contribution < -0.4 is 4.90 Å². The van der Waals surface area contributed by atoms with Crippen LogP contribution in [0.4, 0.5) is 5.88 Å². The molecule has 0 unspecified atom stereocenters. The normalized spacial score (nSPS) is 23.4. The van der Waals surface area contributed by atoms with Crippen LogP contribution in [0.1, 0.15) is 16.7 Å². The summed E-state index contributed by atoms with van der Waals surface area (Å²) in [5, 5.41) is 10.9. The van der Waals surface area contributed by atoms with Gasteiger partial charge in [0.25, 0.3) is 0 Å². The molecule has 4 rings (SSSR count). The summed E-state index contributed by atoms with van der Waals surface area (Å²) in [5.41, 5.74) is 0. The van der Waals surface area contributed by atoms with Crippen molar-refractivity contribution in [3.8, 4) is 0 Å². The minimum atomic E-state index is -0.560. The number of morpholine rings is 1. The van der Waals surface area contributed by atoms with Gasteiger partial charge in [-0.05, 0) is 12.1 Å². The maximum atomic E-state index is 12.6. The van der Waals surface area contributed by atoms with Gasteiger partial charge in [-0.2, -0.15) is 0 Å². The van der Waals surface area contributed by atoms with Crippen molar-refractivity contribution in [2.24, 2.45) is 0 Å². The number of carbonyl (C=O) groups excluding carboxylic acids is 1. The first kappa shape index (κ1) is 15.6. The zero-order valence-electron chi connectivity index (χ0n) is 12.7. The van der Waals surface area contributed by atoms with Crippen LogP contribution in [0.5, 0.6) is 0 Å². The summed E-state index contributed by atoms with van der Waals surface area (Å²) in [6.07, 6.45) is 3.38. The van der Waals surface area contributed by atoms with Crippen LogP contribution in [0.2, 0.25) is 0 Å². The number of rotatable bonds is 3. The van der Waals surface area contributed by atoms with Crippen molar-refractivity contribution in [2.75, 3.05) is 31.2 Å². The quantitative estimate of drug-likeness (QED) is 0.847. The molecule has 1 atom stereocenters. The number of furan rings is 1. The summed E-state index contributed by atoms with van der Waals surface area (Å²) < 4.78 is 11.2. The van der Waals surface area contributed by atoms with E-state index >= 15 is 0 Å². The van der Waals surface area contributed by atoms with E-state index in [2.05, 4.69) is 9.88 Å². The van der Waals surface area contributed by atoms with Crippen molar-refractivity contribution in [1.82, 2.24) is 4.98 Å². The van der Waals surface area contributed by atoms with Crippen LogP contribution in [-0.4, -0.2) is 42.1 Å². The molecule has 2 aromatic heterocycles. The third-order valence-corrected chi connectivity index (χ3v) is 5.73. The van der Waals surface area contributed by atoms with Crippen molar-refractivity contribution in [3.63, 3.8) is 0 Å². The van der Waals surface area contributed by atoms with Gasteiger partial charge in [-0.25, -0.2) is 4.98 Å². The van der Waals surface area contributed by atoms with E-state index in [-0.39, 0.29) is 5.78 Å². The summed E-state index contributed by atoms with van der Waals surface area (Å²) in [5.74, 6) is 0.770. The van der Waals surface area contributed by atoms with Crippen LogP contribution >= 0.6 is 23.1 Å². The number of ketones is 1. The number of Topliss-reactive ketones (excluding diaryl/α,β-unsaturated/α-hetero) is 1. The lowest BCUT2D eigenvalue weighted by Crippen LogP contribution is -2.35. The van der Waals surface area contributed by atoms with Gasteiger partial charge in [-0.15, -0.1) is 11.3 Å². The monoisotopic (exact) mass is 361 g/mol. The molecule has 2 fully saturated rings. The second kappa shape index (κ2) is 6.54. The highest BCUT2D eigenvalue weighted by Gasteiger charge is 2.38. The lowest BCUT2D eigenvalue weighted by atomic mass is 10.1. The van der Waals surface area contributed by atoms with Crippen molar-refractivity contribution >= 4 is 45.9 Å². The number of carbonyl (C=O) groups is 1. The third-order valence-electron chi connectivity index (χ3n) is 3.89. The second-order valence-electron chi connectivity index (χ2n) is 5.42. The van der Waals surface area contributed by atoms with Crippen molar-refractivity contribution in [3.05, 3.63) is 39.4 Å². The van der Waals surface area contributed by atoms with Crippen LogP contribution in [0.25, 0.3) is 6.08 Å². The maximum Gasteiger partial charge on any atom is 0.196 e. The molecule has 124 valence electrons. The SMILES string of the molecule is N=C1S/C(=C\c2ccc(N3CCOCC3)o2)C(=O)[C@@H]1c1nccs1. The van der Waals surface area contributed by atoms with Crippen LogP contribution in [-0.2, 0) is 9.53 Å². The van der Waals surface area contributed by atoms with Crippen LogP contribution in [0.15, 0.2) is 33.0 Å². The third kappa shape index (κ3) is 2.92. The summed E-state index contributed by atoms with van der Waals surface area (Å²) >= 11 is 2.59. The molecule has 0 spiro atoms. The van der Waals surface area contributed by atoms with E-state index in [1.54, 1.807) is 12.3 Å². The number of nitrogens with zero attached hydrogens (tertiary/aromatic N) is 2. The molecule has 6 nitrogen and oxygen atoms in total. The molecule has 0 bridgehead atoms. The fourth-order valence-corrected chi connectivity index (χ4v) is 4.48. The van der Waals surface area contributed by atoms with Gasteiger partial charge in [0.05, 0.1) is 23.2 Å². The Bertz CT molecular complexity index is 791. The summed E-state index contributed by atoms with van der Waals surface area (Å²) in [6, 6.07) is 3.76. The van der Waals surface area contributed by atoms with E-state index in [9.17, 15) is 4.79 Å². The van der Waals surface area contributed by atoms with Gasteiger partial charge in [0.1, 0.15) is 16.7 Å². The lowest BCUT2D eigenvalue weighted by Gasteiger charge is -2.26.